The maximum atomic E-state index is 5.46. The summed E-state index contributed by atoms with van der Waals surface area (Å²) in [6, 6.07) is 1.64. The quantitative estimate of drug-likeness (QED) is 0.397. The molecule has 0 saturated carbocycles. The predicted molar refractivity (Wildman–Crippen MR) is 40.2 cm³/mol. The standard InChI is InChI=1S/C5H5ClN4/c1-7-10-4-2-3-8-5(6)9-4/h2-3H,1H2,(H,8,9,10). The van der Waals surface area contributed by atoms with Crippen LogP contribution in [0.3, 0.4) is 0 Å². The Morgan fingerprint density at radius 1 is 1.70 bits per heavy atom. The van der Waals surface area contributed by atoms with Crippen molar-refractivity contribution in [3.05, 3.63) is 17.5 Å². The molecule has 0 aliphatic carbocycles. The van der Waals surface area contributed by atoms with Gasteiger partial charge in [0.15, 0.2) is 5.82 Å². The van der Waals surface area contributed by atoms with Crippen LogP contribution in [0.4, 0.5) is 5.82 Å². The molecule has 4 nitrogen and oxygen atoms in total. The Bertz CT molecular complexity index is 237. The van der Waals surface area contributed by atoms with Gasteiger partial charge in [-0.1, -0.05) is 0 Å². The average Bonchev–Trinajstić information content (AvgIpc) is 1.88. The van der Waals surface area contributed by atoms with Gasteiger partial charge >= 0.3 is 0 Å². The molecule has 0 fully saturated rings. The molecule has 0 bridgehead atoms. The largest absolute Gasteiger partial charge is 0.262 e. The van der Waals surface area contributed by atoms with Gasteiger partial charge in [0.1, 0.15) is 0 Å². The van der Waals surface area contributed by atoms with Gasteiger partial charge < -0.3 is 0 Å². The van der Waals surface area contributed by atoms with Gasteiger partial charge in [-0.15, -0.1) is 0 Å². The van der Waals surface area contributed by atoms with E-state index >= 15 is 0 Å². The topological polar surface area (TPSA) is 50.2 Å². The number of hydrogen-bond acceptors (Lipinski definition) is 4. The van der Waals surface area contributed by atoms with Gasteiger partial charge in [-0.25, -0.2) is 4.98 Å². The fourth-order valence-electron chi connectivity index (χ4n) is 0.478. The van der Waals surface area contributed by atoms with Gasteiger partial charge in [0, 0.05) is 19.0 Å². The molecular weight excluding hydrogens is 152 g/mol. The molecular formula is C5H5ClN4. The summed E-state index contributed by atoms with van der Waals surface area (Å²) in [4.78, 5) is 7.45. The van der Waals surface area contributed by atoms with Gasteiger partial charge in [0.2, 0.25) is 5.28 Å². The highest BCUT2D eigenvalue weighted by atomic mass is 35.5. The van der Waals surface area contributed by atoms with Crippen LogP contribution < -0.4 is 5.43 Å². The summed E-state index contributed by atoms with van der Waals surface area (Å²) in [5.41, 5.74) is 2.53. The number of anilines is 1. The summed E-state index contributed by atoms with van der Waals surface area (Å²) < 4.78 is 0. The lowest BCUT2D eigenvalue weighted by Gasteiger charge is -1.95. The molecule has 0 aliphatic heterocycles. The van der Waals surface area contributed by atoms with Gasteiger partial charge in [-0.2, -0.15) is 10.1 Å². The second-order valence-corrected chi connectivity index (χ2v) is 1.82. The van der Waals surface area contributed by atoms with Crippen molar-refractivity contribution < 1.29 is 0 Å². The van der Waals surface area contributed by atoms with E-state index in [1.165, 1.54) is 6.20 Å². The van der Waals surface area contributed by atoms with E-state index in [0.29, 0.717) is 5.82 Å². The van der Waals surface area contributed by atoms with E-state index in [2.05, 4.69) is 27.2 Å². The van der Waals surface area contributed by atoms with Crippen LogP contribution >= 0.6 is 11.6 Å². The average molecular weight is 157 g/mol. The molecule has 0 radical (unpaired) electrons. The first-order valence-electron chi connectivity index (χ1n) is 2.53. The summed E-state index contributed by atoms with van der Waals surface area (Å²) in [5, 5.41) is 3.59. The second kappa shape index (κ2) is 3.12. The van der Waals surface area contributed by atoms with Crippen LogP contribution in [0, 0.1) is 0 Å². The maximum absolute atomic E-state index is 5.46. The van der Waals surface area contributed by atoms with E-state index in [4.69, 9.17) is 11.6 Å². The number of rotatable bonds is 2. The van der Waals surface area contributed by atoms with E-state index in [1.807, 2.05) is 0 Å². The van der Waals surface area contributed by atoms with Crippen molar-refractivity contribution >= 4 is 24.1 Å². The van der Waals surface area contributed by atoms with Crippen molar-refractivity contribution in [3.8, 4) is 0 Å². The van der Waals surface area contributed by atoms with Crippen LogP contribution in [0.5, 0.6) is 0 Å². The molecule has 10 heavy (non-hydrogen) atoms. The van der Waals surface area contributed by atoms with E-state index in [1.54, 1.807) is 6.07 Å². The van der Waals surface area contributed by atoms with Crippen molar-refractivity contribution in [2.45, 2.75) is 0 Å². The SMILES string of the molecule is C=NNc1ccnc(Cl)n1. The lowest BCUT2D eigenvalue weighted by atomic mass is 10.6. The molecule has 0 aliphatic rings. The van der Waals surface area contributed by atoms with Gasteiger partial charge in [0.25, 0.3) is 0 Å². The highest BCUT2D eigenvalue weighted by Gasteiger charge is 1.91. The number of aromatic nitrogens is 2. The van der Waals surface area contributed by atoms with Crippen LogP contribution in [0.2, 0.25) is 5.28 Å². The molecule has 1 rings (SSSR count). The van der Waals surface area contributed by atoms with Crippen LogP contribution in [-0.4, -0.2) is 16.7 Å². The summed E-state index contributed by atoms with van der Waals surface area (Å²) in [6.07, 6.45) is 1.53. The predicted octanol–water partition coefficient (Wildman–Crippen LogP) is 1.16. The van der Waals surface area contributed by atoms with E-state index < -0.39 is 0 Å². The minimum Gasteiger partial charge on any atom is -0.262 e. The Kier molecular flexibility index (Phi) is 2.17. The second-order valence-electron chi connectivity index (χ2n) is 1.48. The van der Waals surface area contributed by atoms with Crippen molar-refractivity contribution in [3.63, 3.8) is 0 Å². The summed E-state index contributed by atoms with van der Waals surface area (Å²) >= 11 is 5.46. The lowest BCUT2D eigenvalue weighted by Crippen LogP contribution is -1.91. The van der Waals surface area contributed by atoms with Crippen molar-refractivity contribution in [2.75, 3.05) is 5.43 Å². The molecule has 5 heteroatoms. The number of nitrogens with zero attached hydrogens (tertiary/aromatic N) is 3. The summed E-state index contributed by atoms with van der Waals surface area (Å²) in [6.45, 7) is 3.22. The molecule has 0 saturated heterocycles. The number of hydrogen-bond donors (Lipinski definition) is 1. The summed E-state index contributed by atoms with van der Waals surface area (Å²) in [5.74, 6) is 0.537. The molecule has 0 atom stereocenters. The molecule has 1 aromatic rings. The van der Waals surface area contributed by atoms with Crippen LogP contribution in [0.15, 0.2) is 17.4 Å². The molecule has 1 N–H and O–H groups in total. The van der Waals surface area contributed by atoms with Gasteiger partial charge in [-0.05, 0) is 11.6 Å². The van der Waals surface area contributed by atoms with Gasteiger partial charge in [-0.3, -0.25) is 5.43 Å². The third-order valence-electron chi connectivity index (χ3n) is 0.820. The molecule has 1 heterocycles. The smallest absolute Gasteiger partial charge is 0.224 e. The van der Waals surface area contributed by atoms with Crippen molar-refractivity contribution in [2.24, 2.45) is 5.10 Å². The zero-order valence-electron chi connectivity index (χ0n) is 5.08. The van der Waals surface area contributed by atoms with E-state index in [0.717, 1.165) is 0 Å². The number of halogens is 1. The maximum Gasteiger partial charge on any atom is 0.224 e. The third kappa shape index (κ3) is 1.66. The van der Waals surface area contributed by atoms with Crippen molar-refractivity contribution in [1.82, 2.24) is 9.97 Å². The molecule has 52 valence electrons. The molecule has 1 aromatic heterocycles. The molecule has 0 unspecified atom stereocenters. The normalized spacial score (nSPS) is 8.90. The first-order chi connectivity index (χ1) is 4.83. The first-order valence-corrected chi connectivity index (χ1v) is 2.91. The fraction of sp³-hybridized carbons (Fsp3) is 0. The Morgan fingerprint density at radius 2 is 2.50 bits per heavy atom. The molecule has 0 aromatic carbocycles. The van der Waals surface area contributed by atoms with Crippen LogP contribution in [0.25, 0.3) is 0 Å². The molecule has 0 amide bonds. The Labute approximate surface area is 63.0 Å². The number of hydrazone groups is 1. The monoisotopic (exact) mass is 156 g/mol. The summed E-state index contributed by atoms with van der Waals surface area (Å²) in [7, 11) is 0. The third-order valence-corrected chi connectivity index (χ3v) is 1.00. The van der Waals surface area contributed by atoms with Crippen LogP contribution in [-0.2, 0) is 0 Å². The Hall–Kier alpha value is -1.16. The number of nitrogens with one attached hydrogen (secondary N) is 1. The Balaban J connectivity index is 2.84. The molecule has 0 spiro atoms. The van der Waals surface area contributed by atoms with E-state index in [9.17, 15) is 0 Å². The highest BCUT2D eigenvalue weighted by Crippen LogP contribution is 2.04. The minimum absolute atomic E-state index is 0.189. The zero-order valence-corrected chi connectivity index (χ0v) is 5.84. The highest BCUT2D eigenvalue weighted by molar-refractivity contribution is 6.28. The van der Waals surface area contributed by atoms with Crippen LogP contribution in [0.1, 0.15) is 0 Å². The Morgan fingerprint density at radius 3 is 3.10 bits per heavy atom. The fourth-order valence-corrected chi connectivity index (χ4v) is 0.626. The lowest BCUT2D eigenvalue weighted by molar-refractivity contribution is 1.14. The first kappa shape index (κ1) is 6.95. The minimum atomic E-state index is 0.189. The van der Waals surface area contributed by atoms with E-state index in [-0.39, 0.29) is 5.28 Å². The van der Waals surface area contributed by atoms with Gasteiger partial charge in [0.05, 0.1) is 0 Å². The zero-order chi connectivity index (χ0) is 7.40. The van der Waals surface area contributed by atoms with Crippen molar-refractivity contribution in [1.29, 1.82) is 0 Å².